The lowest BCUT2D eigenvalue weighted by atomic mass is 10.00. The van der Waals surface area contributed by atoms with Crippen molar-refractivity contribution in [3.05, 3.63) is 63.0 Å². The Hall–Kier alpha value is -3.21. The molecule has 2 atom stereocenters. The maximum atomic E-state index is 15.3. The Labute approximate surface area is 253 Å². The summed E-state index contributed by atoms with van der Waals surface area (Å²) in [5, 5.41) is 0.429. The fourth-order valence-electron chi connectivity index (χ4n) is 5.86. The van der Waals surface area contributed by atoms with Crippen molar-refractivity contribution in [2.24, 2.45) is 0 Å². The Morgan fingerprint density at radius 2 is 1.79 bits per heavy atom. The Kier molecular flexibility index (Phi) is 8.78. The van der Waals surface area contributed by atoms with Crippen LogP contribution in [-0.2, 0) is 11.3 Å². The van der Waals surface area contributed by atoms with Gasteiger partial charge >= 0.3 is 5.69 Å². The Bertz CT molecular complexity index is 1610. The summed E-state index contributed by atoms with van der Waals surface area (Å²) >= 11 is 13.0. The summed E-state index contributed by atoms with van der Waals surface area (Å²) in [4.78, 5) is 36.6. The number of amides is 1. The minimum Gasteiger partial charge on any atom is -0.491 e. The van der Waals surface area contributed by atoms with Gasteiger partial charge in [-0.2, -0.15) is 4.98 Å². The molecule has 2 aliphatic heterocycles. The normalized spacial score (nSPS) is 20.3. The highest BCUT2D eigenvalue weighted by molar-refractivity contribution is 6.35. The quantitative estimate of drug-likeness (QED) is 0.290. The van der Waals surface area contributed by atoms with Gasteiger partial charge in [-0.05, 0) is 58.5 Å². The van der Waals surface area contributed by atoms with Crippen LogP contribution in [0.25, 0.3) is 22.0 Å². The lowest BCUT2D eigenvalue weighted by Crippen LogP contribution is -2.58. The molecule has 3 aromatic rings. The van der Waals surface area contributed by atoms with Crippen LogP contribution in [-0.4, -0.2) is 77.2 Å². The van der Waals surface area contributed by atoms with E-state index in [4.69, 9.17) is 27.9 Å². The van der Waals surface area contributed by atoms with Crippen molar-refractivity contribution in [3.8, 4) is 16.9 Å². The second-order valence-corrected chi connectivity index (χ2v) is 11.8. The van der Waals surface area contributed by atoms with E-state index in [-0.39, 0.29) is 51.5 Å². The van der Waals surface area contributed by atoms with Crippen molar-refractivity contribution in [1.82, 2.24) is 19.4 Å². The van der Waals surface area contributed by atoms with E-state index < -0.39 is 17.3 Å². The third-order valence-electron chi connectivity index (χ3n) is 8.00. The molecule has 0 N–H and O–H groups in total. The summed E-state index contributed by atoms with van der Waals surface area (Å²) in [6.07, 6.45) is 2.63. The van der Waals surface area contributed by atoms with Crippen LogP contribution >= 0.6 is 23.2 Å². The van der Waals surface area contributed by atoms with Crippen LogP contribution < -0.4 is 15.3 Å². The number of aryl methyl sites for hydroxylation is 1. The van der Waals surface area contributed by atoms with Crippen LogP contribution in [0, 0.1) is 11.6 Å². The molecule has 0 aliphatic carbocycles. The molecule has 1 fully saturated rings. The topological polar surface area (TPSA) is 70.9 Å². The van der Waals surface area contributed by atoms with Gasteiger partial charge in [-0.15, -0.1) is 0 Å². The minimum atomic E-state index is -0.896. The Morgan fingerprint density at radius 1 is 1.05 bits per heavy atom. The van der Waals surface area contributed by atoms with E-state index in [9.17, 15) is 14.0 Å². The highest BCUT2D eigenvalue weighted by Gasteiger charge is 2.34. The van der Waals surface area contributed by atoms with Gasteiger partial charge in [-0.1, -0.05) is 29.8 Å². The molecule has 224 valence electrons. The maximum Gasteiger partial charge on any atom is 0.350 e. The predicted octanol–water partition coefficient (Wildman–Crippen LogP) is 5.36. The van der Waals surface area contributed by atoms with Gasteiger partial charge < -0.3 is 19.4 Å². The number of nitrogens with zero attached hydrogens (tertiary/aromatic N) is 5. The second kappa shape index (κ2) is 12.2. The van der Waals surface area contributed by atoms with E-state index in [1.807, 2.05) is 25.8 Å². The van der Waals surface area contributed by atoms with Gasteiger partial charge in [-0.25, -0.2) is 13.6 Å². The molecule has 1 amide bonds. The fourth-order valence-corrected chi connectivity index (χ4v) is 6.32. The molecule has 0 bridgehead atoms. The lowest BCUT2D eigenvalue weighted by molar-refractivity contribution is -0.128. The van der Waals surface area contributed by atoms with Crippen molar-refractivity contribution in [2.45, 2.75) is 45.3 Å². The molecule has 2 aliphatic rings. The smallest absolute Gasteiger partial charge is 0.350 e. The number of rotatable bonds is 3. The van der Waals surface area contributed by atoms with E-state index in [1.54, 1.807) is 15.5 Å². The summed E-state index contributed by atoms with van der Waals surface area (Å²) in [7, 11) is 2.00. The van der Waals surface area contributed by atoms with Gasteiger partial charge in [0.25, 0.3) is 0 Å². The highest BCUT2D eigenvalue weighted by Crippen LogP contribution is 2.46. The molecule has 1 aromatic heterocycles. The number of anilines is 1. The second-order valence-electron chi connectivity index (χ2n) is 11.0. The molecule has 0 spiro atoms. The first kappa shape index (κ1) is 30.3. The van der Waals surface area contributed by atoms with E-state index >= 15 is 4.39 Å². The van der Waals surface area contributed by atoms with Gasteiger partial charge in [0.15, 0.2) is 5.75 Å². The number of aromatic nitrogens is 2. The standard InChI is InChI=1S/C30H33Cl2F2N5O3/c1-5-25(40)38-15-18(3)39(16-17(38)2)29-20-13-22(32)26(19-12-21(31)24(34)14-23(19)33)28-27(20)37(30(41)35-29)10-6-8-36(4)9-7-11-42-28/h5,12-14,17-18H,1,6-11,15-16H2,2-4H3/t17-,18+/m1/s1. The van der Waals surface area contributed by atoms with Crippen molar-refractivity contribution in [3.63, 3.8) is 0 Å². The number of carbonyl (C=O) groups is 1. The molecule has 8 nitrogen and oxygen atoms in total. The Morgan fingerprint density at radius 3 is 2.52 bits per heavy atom. The van der Waals surface area contributed by atoms with Crippen LogP contribution in [0.5, 0.6) is 5.75 Å². The summed E-state index contributed by atoms with van der Waals surface area (Å²) in [6.45, 7) is 10.4. The zero-order chi connectivity index (χ0) is 30.3. The lowest BCUT2D eigenvalue weighted by Gasteiger charge is -2.44. The number of piperazine rings is 1. The first-order chi connectivity index (χ1) is 20.0. The highest BCUT2D eigenvalue weighted by atomic mass is 35.5. The molecule has 0 radical (unpaired) electrons. The molecular weight excluding hydrogens is 587 g/mol. The van der Waals surface area contributed by atoms with Gasteiger partial charge in [-0.3, -0.25) is 9.36 Å². The van der Waals surface area contributed by atoms with Crippen LogP contribution in [0.15, 0.2) is 35.6 Å². The Balaban J connectivity index is 1.79. The molecule has 3 heterocycles. The van der Waals surface area contributed by atoms with Crippen molar-refractivity contribution < 1.29 is 18.3 Å². The van der Waals surface area contributed by atoms with Crippen molar-refractivity contribution in [2.75, 3.05) is 44.7 Å². The zero-order valence-electron chi connectivity index (χ0n) is 23.8. The van der Waals surface area contributed by atoms with Crippen LogP contribution in [0.2, 0.25) is 10.0 Å². The summed E-state index contributed by atoms with van der Waals surface area (Å²) in [6, 6.07) is 3.17. The third-order valence-corrected chi connectivity index (χ3v) is 8.59. The molecule has 1 saturated heterocycles. The van der Waals surface area contributed by atoms with Gasteiger partial charge in [0.2, 0.25) is 5.91 Å². The largest absolute Gasteiger partial charge is 0.491 e. The molecule has 0 saturated carbocycles. The van der Waals surface area contributed by atoms with Crippen molar-refractivity contribution in [1.29, 1.82) is 0 Å². The predicted molar refractivity (Wildman–Crippen MR) is 162 cm³/mol. The number of hydrogen-bond acceptors (Lipinski definition) is 6. The van der Waals surface area contributed by atoms with Crippen LogP contribution in [0.4, 0.5) is 14.6 Å². The summed E-state index contributed by atoms with van der Waals surface area (Å²) in [5.41, 5.74) is 0.0910. The average molecular weight is 621 g/mol. The van der Waals surface area contributed by atoms with E-state index in [2.05, 4.69) is 16.5 Å². The van der Waals surface area contributed by atoms with Crippen molar-refractivity contribution >= 4 is 45.8 Å². The van der Waals surface area contributed by atoms with E-state index in [0.717, 1.165) is 13.1 Å². The number of carbonyl (C=O) groups excluding carboxylic acids is 1. The van der Waals surface area contributed by atoms with E-state index in [1.165, 1.54) is 12.1 Å². The average Bonchev–Trinajstić information content (AvgIpc) is 2.98. The monoisotopic (exact) mass is 619 g/mol. The number of benzene rings is 2. The molecule has 2 aromatic carbocycles. The summed E-state index contributed by atoms with van der Waals surface area (Å²) < 4.78 is 37.3. The molecular formula is C30H33Cl2F2N5O3. The number of halogens is 4. The molecule has 5 rings (SSSR count). The zero-order valence-corrected chi connectivity index (χ0v) is 25.3. The van der Waals surface area contributed by atoms with Crippen LogP contribution in [0.1, 0.15) is 26.7 Å². The SMILES string of the molecule is C=CC(=O)N1C[C@H](C)N(c2nc(=O)n3c4c(c(-c5cc(Cl)c(F)cc5F)c(Cl)cc24)OCCCN(C)CCC3)C[C@H]1C. The molecule has 0 unspecified atom stereocenters. The number of hydrogen-bond donors (Lipinski definition) is 0. The maximum absolute atomic E-state index is 15.3. The molecule has 12 heteroatoms. The summed E-state index contributed by atoms with van der Waals surface area (Å²) in [5.74, 6) is -1.31. The fraction of sp³-hybridized carbons (Fsp3) is 0.433. The van der Waals surface area contributed by atoms with Gasteiger partial charge in [0, 0.05) is 60.8 Å². The number of ether oxygens (including phenoxy) is 1. The third kappa shape index (κ3) is 5.59. The van der Waals surface area contributed by atoms with Gasteiger partial charge in [0.1, 0.15) is 17.5 Å². The minimum absolute atomic E-state index is 0.0359. The van der Waals surface area contributed by atoms with Crippen LogP contribution in [0.3, 0.4) is 0 Å². The first-order valence-corrected chi connectivity index (χ1v) is 14.7. The first-order valence-electron chi connectivity index (χ1n) is 13.9. The van der Waals surface area contributed by atoms with E-state index in [0.29, 0.717) is 55.3 Å². The van der Waals surface area contributed by atoms with Gasteiger partial charge in [0.05, 0.1) is 22.2 Å². The molecule has 42 heavy (non-hydrogen) atoms.